The molecule has 0 aliphatic heterocycles. The Hall–Kier alpha value is -4.76. The fourth-order valence-corrected chi connectivity index (χ4v) is 2.89. The molecule has 5 N–H and O–H groups in total. The van der Waals surface area contributed by atoms with E-state index in [1.807, 2.05) is 19.1 Å². The lowest BCUT2D eigenvalue weighted by Gasteiger charge is -2.17. The van der Waals surface area contributed by atoms with Crippen LogP contribution in [0.3, 0.4) is 0 Å². The standard InChI is InChI=1S/C21H25N5O6.C2HF3O2/c1-14-7-9-23-18(10-14)22-8-3-6-19(27)24-13-20(28)25-17(12-21(29)30)15-4-2-5-16(11-15)26(31)32;3-2(4,5)1(6)7/h2,4-5,7,9-11,17H,3,6,8,12-13H2,1H3,(H,22,23)(H,24,27)(H,25,28)(H,29,30);(H,6,7)/t17-;/m0./s1. The van der Waals surface area contributed by atoms with E-state index in [0.29, 0.717) is 13.0 Å². The number of aliphatic carboxylic acids is 2. The Morgan fingerprint density at radius 2 is 1.77 bits per heavy atom. The predicted octanol–water partition coefficient (Wildman–Crippen LogP) is 2.57. The molecule has 1 heterocycles. The number of carbonyl (C=O) groups is 4. The molecule has 0 saturated carbocycles. The van der Waals surface area contributed by atoms with Gasteiger partial charge in [-0.2, -0.15) is 13.2 Å². The summed E-state index contributed by atoms with van der Waals surface area (Å²) in [4.78, 5) is 58.7. The van der Waals surface area contributed by atoms with Gasteiger partial charge in [0.2, 0.25) is 11.8 Å². The topological polar surface area (TPSA) is 201 Å². The van der Waals surface area contributed by atoms with Crippen LogP contribution in [0.5, 0.6) is 0 Å². The largest absolute Gasteiger partial charge is 0.490 e. The summed E-state index contributed by atoms with van der Waals surface area (Å²) in [6, 6.07) is 8.19. The summed E-state index contributed by atoms with van der Waals surface area (Å²) in [5.41, 5.74) is 1.14. The Balaban J connectivity index is 0.000000956. The van der Waals surface area contributed by atoms with Gasteiger partial charge in [-0.3, -0.25) is 24.5 Å². The van der Waals surface area contributed by atoms with Gasteiger partial charge in [0.1, 0.15) is 5.82 Å². The van der Waals surface area contributed by atoms with Crippen molar-refractivity contribution < 1.29 is 47.5 Å². The van der Waals surface area contributed by atoms with Crippen LogP contribution in [0.25, 0.3) is 0 Å². The molecule has 0 spiro atoms. The molecule has 212 valence electrons. The number of hydrogen-bond donors (Lipinski definition) is 5. The first kappa shape index (κ1) is 32.3. The predicted molar refractivity (Wildman–Crippen MR) is 130 cm³/mol. The zero-order valence-electron chi connectivity index (χ0n) is 20.5. The van der Waals surface area contributed by atoms with E-state index in [1.54, 1.807) is 6.20 Å². The number of pyridine rings is 1. The van der Waals surface area contributed by atoms with Crippen molar-refractivity contribution in [3.05, 3.63) is 63.8 Å². The van der Waals surface area contributed by atoms with Crippen molar-refractivity contribution in [2.75, 3.05) is 18.4 Å². The van der Waals surface area contributed by atoms with Gasteiger partial charge < -0.3 is 26.2 Å². The lowest BCUT2D eigenvalue weighted by Crippen LogP contribution is -2.39. The van der Waals surface area contributed by atoms with Gasteiger partial charge in [-0.1, -0.05) is 12.1 Å². The third-order valence-electron chi connectivity index (χ3n) is 4.69. The molecule has 1 atom stereocenters. The number of nitrogens with zero attached hydrogens (tertiary/aromatic N) is 2. The highest BCUT2D eigenvalue weighted by Crippen LogP contribution is 2.22. The summed E-state index contributed by atoms with van der Waals surface area (Å²) in [5, 5.41) is 35.3. The summed E-state index contributed by atoms with van der Waals surface area (Å²) in [5.74, 6) is -4.15. The first-order valence-corrected chi connectivity index (χ1v) is 11.2. The highest BCUT2D eigenvalue weighted by atomic mass is 19.4. The molecule has 2 aromatic rings. The van der Waals surface area contributed by atoms with Gasteiger partial charge in [0.05, 0.1) is 23.9 Å². The van der Waals surface area contributed by atoms with Crippen LogP contribution in [0.1, 0.15) is 36.4 Å². The Labute approximate surface area is 219 Å². The highest BCUT2D eigenvalue weighted by molar-refractivity contribution is 5.85. The molecular weight excluding hydrogens is 531 g/mol. The van der Waals surface area contributed by atoms with Crippen LogP contribution >= 0.6 is 0 Å². The van der Waals surface area contributed by atoms with Crippen molar-refractivity contribution in [2.24, 2.45) is 0 Å². The SMILES string of the molecule is Cc1ccnc(NCCCC(=O)NCC(=O)N[C@@H](CC(=O)O)c2cccc([N+](=O)[O-])c2)c1.O=C(O)C(F)(F)F. The number of nitrogens with one attached hydrogen (secondary N) is 3. The van der Waals surface area contributed by atoms with Crippen molar-refractivity contribution in [3.63, 3.8) is 0 Å². The average Bonchev–Trinajstić information content (AvgIpc) is 2.84. The van der Waals surface area contributed by atoms with Crippen LogP contribution in [0.2, 0.25) is 0 Å². The number of aryl methyl sites for hydroxylation is 1. The second-order valence-electron chi connectivity index (χ2n) is 7.90. The van der Waals surface area contributed by atoms with E-state index in [2.05, 4.69) is 20.9 Å². The van der Waals surface area contributed by atoms with E-state index in [0.717, 1.165) is 11.4 Å². The van der Waals surface area contributed by atoms with Gasteiger partial charge in [0.15, 0.2) is 0 Å². The van der Waals surface area contributed by atoms with Crippen LogP contribution < -0.4 is 16.0 Å². The summed E-state index contributed by atoms with van der Waals surface area (Å²) in [7, 11) is 0. The normalized spacial score (nSPS) is 11.3. The number of halogens is 3. The number of alkyl halides is 3. The second kappa shape index (κ2) is 15.5. The van der Waals surface area contributed by atoms with Crippen molar-refractivity contribution in [1.82, 2.24) is 15.6 Å². The molecule has 0 aliphatic carbocycles. The minimum atomic E-state index is -5.08. The minimum Gasteiger partial charge on any atom is -0.481 e. The molecule has 0 fully saturated rings. The number of hydrogen-bond acceptors (Lipinski definition) is 8. The number of non-ortho nitro benzene ring substituents is 1. The maximum Gasteiger partial charge on any atom is 0.490 e. The smallest absolute Gasteiger partial charge is 0.481 e. The van der Waals surface area contributed by atoms with Crippen LogP contribution in [-0.2, 0) is 19.2 Å². The maximum atomic E-state index is 12.2. The first-order valence-electron chi connectivity index (χ1n) is 11.2. The van der Waals surface area contributed by atoms with Crippen molar-refractivity contribution in [2.45, 2.75) is 38.4 Å². The summed E-state index contributed by atoms with van der Waals surface area (Å²) < 4.78 is 31.7. The van der Waals surface area contributed by atoms with Crippen molar-refractivity contribution in [1.29, 1.82) is 0 Å². The van der Waals surface area contributed by atoms with Crippen LogP contribution in [0, 0.1) is 17.0 Å². The molecule has 0 unspecified atom stereocenters. The number of amides is 2. The summed E-state index contributed by atoms with van der Waals surface area (Å²) in [6.45, 7) is 2.14. The number of carboxylic acids is 2. The molecular formula is C23H26F3N5O8. The first-order chi connectivity index (χ1) is 18.2. The fraction of sp³-hybridized carbons (Fsp3) is 0.348. The van der Waals surface area contributed by atoms with E-state index < -0.39 is 41.4 Å². The maximum absolute atomic E-state index is 12.2. The van der Waals surface area contributed by atoms with Crippen LogP contribution in [0.15, 0.2) is 42.6 Å². The number of nitro benzene ring substituents is 1. The molecule has 2 rings (SSSR count). The van der Waals surface area contributed by atoms with E-state index in [9.17, 15) is 37.7 Å². The Bertz CT molecular complexity index is 1180. The Morgan fingerprint density at radius 1 is 1.10 bits per heavy atom. The Morgan fingerprint density at radius 3 is 2.33 bits per heavy atom. The third kappa shape index (κ3) is 13.4. The molecule has 2 amide bonds. The number of carbonyl (C=O) groups excluding carboxylic acids is 2. The van der Waals surface area contributed by atoms with Gasteiger partial charge in [-0.15, -0.1) is 0 Å². The van der Waals surface area contributed by atoms with Crippen LogP contribution in [0.4, 0.5) is 24.7 Å². The van der Waals surface area contributed by atoms with E-state index in [-0.39, 0.29) is 30.1 Å². The lowest BCUT2D eigenvalue weighted by molar-refractivity contribution is -0.384. The van der Waals surface area contributed by atoms with Crippen molar-refractivity contribution >= 4 is 35.3 Å². The molecule has 1 aromatic heterocycles. The number of rotatable bonds is 12. The van der Waals surface area contributed by atoms with Gasteiger partial charge in [-0.25, -0.2) is 9.78 Å². The fourth-order valence-electron chi connectivity index (χ4n) is 2.89. The number of aromatic nitrogens is 1. The molecule has 0 radical (unpaired) electrons. The molecule has 0 aliphatic rings. The van der Waals surface area contributed by atoms with Gasteiger partial charge in [0, 0.05) is 31.3 Å². The zero-order chi connectivity index (χ0) is 29.6. The second-order valence-corrected chi connectivity index (χ2v) is 7.90. The quantitative estimate of drug-likeness (QED) is 0.147. The molecule has 13 nitrogen and oxygen atoms in total. The molecule has 0 bridgehead atoms. The van der Waals surface area contributed by atoms with Crippen LogP contribution in [-0.4, -0.2) is 63.1 Å². The van der Waals surface area contributed by atoms with E-state index >= 15 is 0 Å². The minimum absolute atomic E-state index is 0.190. The highest BCUT2D eigenvalue weighted by Gasteiger charge is 2.38. The number of benzene rings is 1. The van der Waals surface area contributed by atoms with Gasteiger partial charge >= 0.3 is 18.1 Å². The summed E-state index contributed by atoms with van der Waals surface area (Å²) in [6.07, 6.45) is -3.14. The average molecular weight is 557 g/mol. The van der Waals surface area contributed by atoms with E-state index in [1.165, 1.54) is 24.3 Å². The molecule has 1 aromatic carbocycles. The molecule has 16 heteroatoms. The number of carboxylic acid groups (broad SMARTS) is 2. The lowest BCUT2D eigenvalue weighted by atomic mass is 10.0. The summed E-state index contributed by atoms with van der Waals surface area (Å²) >= 11 is 0. The monoisotopic (exact) mass is 557 g/mol. The zero-order valence-corrected chi connectivity index (χ0v) is 20.5. The third-order valence-corrected chi connectivity index (χ3v) is 4.69. The van der Waals surface area contributed by atoms with Gasteiger partial charge in [-0.05, 0) is 36.6 Å². The number of nitro groups is 1. The molecule has 0 saturated heterocycles. The van der Waals surface area contributed by atoms with Gasteiger partial charge in [0.25, 0.3) is 5.69 Å². The van der Waals surface area contributed by atoms with Crippen molar-refractivity contribution in [3.8, 4) is 0 Å². The number of anilines is 1. The van der Waals surface area contributed by atoms with E-state index in [4.69, 9.17) is 15.0 Å². The Kier molecular flexibility index (Phi) is 12.8. The molecule has 39 heavy (non-hydrogen) atoms.